The van der Waals surface area contributed by atoms with Crippen molar-refractivity contribution < 1.29 is 0 Å². The van der Waals surface area contributed by atoms with Crippen molar-refractivity contribution in [2.75, 3.05) is 9.80 Å². The number of thiophene rings is 1. The molecule has 0 fully saturated rings. The van der Waals surface area contributed by atoms with Gasteiger partial charge < -0.3 is 18.9 Å². The molecule has 6 heteroatoms. The van der Waals surface area contributed by atoms with Crippen LogP contribution in [0.25, 0.3) is 86.6 Å². The number of nitrogens with zero attached hydrogens (tertiary/aromatic N) is 4. The summed E-state index contributed by atoms with van der Waals surface area (Å²) >= 11 is 2.00. The molecule has 0 amide bonds. The van der Waals surface area contributed by atoms with E-state index in [1.807, 2.05) is 11.3 Å². The maximum absolute atomic E-state index is 2.72. The normalized spacial score (nSPS) is 15.1. The molecule has 0 atom stereocenters. The van der Waals surface area contributed by atoms with E-state index in [2.05, 4.69) is 286 Å². The van der Waals surface area contributed by atoms with Gasteiger partial charge in [-0.05, 0) is 163 Å². The summed E-state index contributed by atoms with van der Waals surface area (Å²) in [5, 5.41) is 11.2. The van der Waals surface area contributed by atoms with Crippen molar-refractivity contribution in [1.82, 2.24) is 9.13 Å². The molecule has 1 aliphatic carbocycles. The highest BCUT2D eigenvalue weighted by atomic mass is 32.1. The van der Waals surface area contributed by atoms with Crippen molar-refractivity contribution >= 4 is 143 Å². The molecule has 0 radical (unpaired) electrons. The summed E-state index contributed by atoms with van der Waals surface area (Å²) in [4.78, 5) is 5.26. The van der Waals surface area contributed by atoms with Crippen LogP contribution in [0.15, 0.2) is 218 Å². The summed E-state index contributed by atoms with van der Waals surface area (Å²) in [6, 6.07) is 83.6. The lowest BCUT2D eigenvalue weighted by atomic mass is 9.36. The minimum absolute atomic E-state index is 0.00449. The number of benzene rings is 11. The van der Waals surface area contributed by atoms with Crippen molar-refractivity contribution in [1.29, 1.82) is 0 Å². The summed E-state index contributed by atoms with van der Waals surface area (Å²) < 4.78 is 7.92. The Morgan fingerprint density at radius 3 is 1.85 bits per heavy atom. The zero-order valence-corrected chi connectivity index (χ0v) is 48.3. The van der Waals surface area contributed by atoms with E-state index in [0.29, 0.717) is 0 Å². The van der Waals surface area contributed by atoms with Gasteiger partial charge in [-0.2, -0.15) is 0 Å². The fourth-order valence-corrected chi connectivity index (χ4v) is 16.3. The maximum Gasteiger partial charge on any atom is 0.264 e. The summed E-state index contributed by atoms with van der Waals surface area (Å²) in [5.41, 5.74) is 21.4. The quantitative estimate of drug-likeness (QED) is 0.160. The van der Waals surface area contributed by atoms with Crippen LogP contribution in [0.1, 0.15) is 78.0 Å². The van der Waals surface area contributed by atoms with Gasteiger partial charge in [0.25, 0.3) is 6.71 Å². The lowest BCUT2D eigenvalue weighted by Crippen LogP contribution is -2.59. The van der Waals surface area contributed by atoms with Gasteiger partial charge in [-0.15, -0.1) is 11.3 Å². The number of hydrogen-bond donors (Lipinski definition) is 0. The monoisotopic (exact) mass is 1070 g/mol. The molecule has 0 spiro atoms. The van der Waals surface area contributed by atoms with Crippen molar-refractivity contribution in [2.24, 2.45) is 0 Å². The van der Waals surface area contributed by atoms with E-state index in [4.69, 9.17) is 0 Å². The van der Waals surface area contributed by atoms with Crippen LogP contribution in [0, 0.1) is 0 Å². The number of anilines is 6. The van der Waals surface area contributed by atoms with Crippen LogP contribution >= 0.6 is 11.3 Å². The summed E-state index contributed by atoms with van der Waals surface area (Å²) in [6.45, 7) is 16.9. The SMILES string of the molecule is CC(C)(C)c1ccc2sc3c(c2c1)N(c1ccc2c(c1)C(C)(C)CCC2(C)C)c1cc(N(c2ccc4ccccc4c2)c2ccc4ccccc4c2)cc2c1B3c1cccc3c4c(ccc5c6ccccc6n(-c6ccccc6)c54)n-2c13. The largest absolute Gasteiger partial charge is 0.310 e. The van der Waals surface area contributed by atoms with Crippen molar-refractivity contribution in [2.45, 2.75) is 77.6 Å². The second-order valence-electron chi connectivity index (χ2n) is 26.0. The lowest BCUT2D eigenvalue weighted by molar-refractivity contribution is 0.332. The Kier molecular flexibility index (Phi) is 9.86. The van der Waals surface area contributed by atoms with Gasteiger partial charge in [0, 0.05) is 76.0 Å². The van der Waals surface area contributed by atoms with E-state index in [-0.39, 0.29) is 23.0 Å². The second-order valence-corrected chi connectivity index (χ2v) is 27.0. The first kappa shape index (κ1) is 47.9. The van der Waals surface area contributed by atoms with Gasteiger partial charge in [0.1, 0.15) is 0 Å². The predicted molar refractivity (Wildman–Crippen MR) is 354 cm³/mol. The highest BCUT2D eigenvalue weighted by molar-refractivity contribution is 7.33. The van der Waals surface area contributed by atoms with Gasteiger partial charge in [-0.3, -0.25) is 0 Å². The van der Waals surface area contributed by atoms with Crippen LogP contribution in [-0.2, 0) is 16.2 Å². The summed E-state index contributed by atoms with van der Waals surface area (Å²) in [5.74, 6) is 0. The van der Waals surface area contributed by atoms with Crippen molar-refractivity contribution in [3.8, 4) is 11.4 Å². The fourth-order valence-electron chi connectivity index (χ4n) is 15.0. The smallest absolute Gasteiger partial charge is 0.264 e. The Morgan fingerprint density at radius 2 is 1.12 bits per heavy atom. The van der Waals surface area contributed by atoms with Gasteiger partial charge in [-0.25, -0.2) is 0 Å². The van der Waals surface area contributed by atoms with E-state index in [1.54, 1.807) is 0 Å². The predicted octanol–water partition coefficient (Wildman–Crippen LogP) is 19.1. The number of rotatable bonds is 5. The molecule has 5 heterocycles. The third kappa shape index (κ3) is 6.73. The average molecular weight is 1070 g/mol. The Labute approximate surface area is 483 Å². The van der Waals surface area contributed by atoms with Crippen LogP contribution in [0.2, 0.25) is 0 Å². The van der Waals surface area contributed by atoms with Crippen LogP contribution in [0.4, 0.5) is 34.1 Å². The van der Waals surface area contributed by atoms with Crippen LogP contribution in [0.5, 0.6) is 0 Å². The molecule has 2 aliphatic heterocycles. The Balaban J connectivity index is 1.05. The minimum Gasteiger partial charge on any atom is -0.310 e. The third-order valence-corrected chi connectivity index (χ3v) is 20.4. The highest BCUT2D eigenvalue weighted by Crippen LogP contribution is 2.53. The zero-order valence-electron chi connectivity index (χ0n) is 47.5. The molecule has 17 rings (SSSR count). The minimum atomic E-state index is -0.0483. The van der Waals surface area contributed by atoms with E-state index >= 15 is 0 Å². The number of para-hydroxylation sites is 3. The van der Waals surface area contributed by atoms with Gasteiger partial charge in [0.2, 0.25) is 0 Å². The topological polar surface area (TPSA) is 16.3 Å². The second kappa shape index (κ2) is 16.9. The Morgan fingerprint density at radius 1 is 0.463 bits per heavy atom. The molecule has 0 saturated heterocycles. The van der Waals surface area contributed by atoms with Gasteiger partial charge in [-0.1, -0.05) is 182 Å². The Bertz CT molecular complexity index is 4990. The first-order chi connectivity index (χ1) is 39.8. The number of fused-ring (bicyclic) bond motifs is 16. The number of aromatic nitrogens is 2. The molecule has 3 aliphatic rings. The molecular formula is C76H61BN4S. The van der Waals surface area contributed by atoms with Crippen LogP contribution in [-0.4, -0.2) is 15.8 Å². The first-order valence-corrected chi connectivity index (χ1v) is 30.1. The molecular weight excluding hydrogens is 1010 g/mol. The van der Waals surface area contributed by atoms with Crippen molar-refractivity contribution in [3.63, 3.8) is 0 Å². The third-order valence-electron chi connectivity index (χ3n) is 19.2. The number of hydrogen-bond acceptors (Lipinski definition) is 3. The lowest BCUT2D eigenvalue weighted by Gasteiger charge is -2.44. The molecule has 14 aromatic rings. The highest BCUT2D eigenvalue weighted by Gasteiger charge is 2.46. The van der Waals surface area contributed by atoms with E-state index < -0.39 is 0 Å². The van der Waals surface area contributed by atoms with Gasteiger partial charge in [0.05, 0.1) is 27.9 Å². The maximum atomic E-state index is 2.72. The fraction of sp³-hybridized carbons (Fsp3) is 0.158. The zero-order chi connectivity index (χ0) is 55.1. The standard InChI is InChI=1S/C76H61BN4S/c1-74(2,3)50-30-37-67-59(42-50)72-73(82-67)77-62-26-17-25-58-68-64(36-34-57-56-24-15-16-27-63(56)79(71(57)68)51-22-9-8-10-23-51)81(70(58)62)66-45-55(44-65(69(66)77)80(72)54-33-35-60-61(43-54)76(6,7)39-38-75(60,4)5)78(52-31-28-46-18-11-13-20-48(46)40-52)53-32-29-47-19-12-14-21-49(47)41-53/h8-37,40-45H,38-39H2,1-7H3. The average Bonchev–Trinajstić information content (AvgIpc) is 1.57. The molecule has 82 heavy (non-hydrogen) atoms. The molecule has 0 saturated carbocycles. The molecule has 3 aromatic heterocycles. The van der Waals surface area contributed by atoms with E-state index in [1.165, 1.54) is 137 Å². The summed E-state index contributed by atoms with van der Waals surface area (Å²) in [7, 11) is 0. The molecule has 0 bridgehead atoms. The van der Waals surface area contributed by atoms with Crippen LogP contribution < -0.4 is 25.5 Å². The summed E-state index contributed by atoms with van der Waals surface area (Å²) in [6.07, 6.45) is 2.31. The van der Waals surface area contributed by atoms with Gasteiger partial charge >= 0.3 is 0 Å². The van der Waals surface area contributed by atoms with Gasteiger partial charge in [0.15, 0.2) is 0 Å². The molecule has 394 valence electrons. The molecule has 0 unspecified atom stereocenters. The molecule has 0 N–H and O–H groups in total. The van der Waals surface area contributed by atoms with E-state index in [9.17, 15) is 0 Å². The molecule has 11 aromatic carbocycles. The van der Waals surface area contributed by atoms with Crippen LogP contribution in [0.3, 0.4) is 0 Å². The van der Waals surface area contributed by atoms with E-state index in [0.717, 1.165) is 29.2 Å². The van der Waals surface area contributed by atoms with Crippen molar-refractivity contribution in [3.05, 3.63) is 235 Å². The first-order valence-electron chi connectivity index (χ1n) is 29.3. The molecule has 4 nitrogen and oxygen atoms in total. The Hall–Kier alpha value is -8.84.